The first kappa shape index (κ1) is 7.50. The van der Waals surface area contributed by atoms with Gasteiger partial charge in [0.05, 0.1) is 18.6 Å². The zero-order valence-electron chi connectivity index (χ0n) is 5.92. The molecule has 0 aromatic rings. The first-order valence-electron chi connectivity index (χ1n) is 3.20. The Labute approximate surface area is 59.2 Å². The third kappa shape index (κ3) is 1.97. The molecule has 0 aliphatic carbocycles. The Hall–Kier alpha value is -0.610. The van der Waals surface area contributed by atoms with Gasteiger partial charge in [-0.3, -0.25) is 4.79 Å². The maximum atomic E-state index is 10.5. The molecule has 0 radical (unpaired) electrons. The van der Waals surface area contributed by atoms with Crippen molar-refractivity contribution in [1.29, 1.82) is 0 Å². The molecule has 1 atom stereocenters. The van der Waals surface area contributed by atoms with Crippen LogP contribution in [0.3, 0.4) is 0 Å². The maximum absolute atomic E-state index is 10.5. The summed E-state index contributed by atoms with van der Waals surface area (Å²) >= 11 is 0. The van der Waals surface area contributed by atoms with Crippen molar-refractivity contribution in [2.24, 2.45) is 5.90 Å². The summed E-state index contributed by atoms with van der Waals surface area (Å²) in [6.45, 7) is 2.70. The van der Waals surface area contributed by atoms with E-state index in [2.05, 4.69) is 10.7 Å². The molecule has 2 N–H and O–H groups in total. The fraction of sp³-hybridized carbons (Fsp3) is 0.833. The van der Waals surface area contributed by atoms with Gasteiger partial charge in [-0.25, -0.2) is 0 Å². The highest BCUT2D eigenvalue weighted by Crippen LogP contribution is 2.30. The van der Waals surface area contributed by atoms with Crippen LogP contribution in [-0.2, 0) is 14.4 Å². The lowest BCUT2D eigenvalue weighted by Gasteiger charge is -2.01. The zero-order valence-corrected chi connectivity index (χ0v) is 5.92. The molecule has 0 spiro atoms. The number of ether oxygens (including phenoxy) is 1. The molecule has 0 saturated carbocycles. The second kappa shape index (κ2) is 2.56. The van der Waals surface area contributed by atoms with Gasteiger partial charge in [-0.05, 0) is 13.3 Å². The van der Waals surface area contributed by atoms with Crippen LogP contribution in [0.25, 0.3) is 0 Å². The van der Waals surface area contributed by atoms with Crippen molar-refractivity contribution in [2.45, 2.75) is 25.4 Å². The molecule has 1 saturated heterocycles. The van der Waals surface area contributed by atoms with Crippen molar-refractivity contribution in [3.8, 4) is 0 Å². The lowest BCUT2D eigenvalue weighted by molar-refractivity contribution is -0.144. The van der Waals surface area contributed by atoms with E-state index in [0.29, 0.717) is 12.8 Å². The Morgan fingerprint density at radius 3 is 2.90 bits per heavy atom. The number of carbonyl (C=O) groups excluding carboxylic acids is 1. The van der Waals surface area contributed by atoms with Gasteiger partial charge >= 0.3 is 5.97 Å². The molecule has 0 aromatic carbocycles. The standard InChI is InChI=1S/C6H11NO3/c1-6(4-9-6)3-2-5(8)10-7/h2-4,7H2,1H3. The molecule has 1 fully saturated rings. The third-order valence-electron chi connectivity index (χ3n) is 1.63. The van der Waals surface area contributed by atoms with Crippen molar-refractivity contribution < 1.29 is 14.4 Å². The fourth-order valence-corrected chi connectivity index (χ4v) is 0.693. The van der Waals surface area contributed by atoms with Crippen LogP contribution in [0.4, 0.5) is 0 Å². The molecule has 58 valence electrons. The van der Waals surface area contributed by atoms with Gasteiger partial charge in [0, 0.05) is 0 Å². The van der Waals surface area contributed by atoms with Crippen LogP contribution in [0.15, 0.2) is 0 Å². The molecule has 1 aliphatic rings. The highest BCUT2D eigenvalue weighted by molar-refractivity contribution is 5.69. The molecular formula is C6H11NO3. The Balaban J connectivity index is 2.10. The largest absolute Gasteiger partial charge is 0.373 e. The van der Waals surface area contributed by atoms with E-state index in [1.807, 2.05) is 6.92 Å². The lowest BCUT2D eigenvalue weighted by atomic mass is 10.1. The molecule has 4 nitrogen and oxygen atoms in total. The highest BCUT2D eigenvalue weighted by Gasteiger charge is 2.39. The molecule has 10 heavy (non-hydrogen) atoms. The van der Waals surface area contributed by atoms with E-state index in [1.54, 1.807) is 0 Å². The van der Waals surface area contributed by atoms with E-state index in [4.69, 9.17) is 4.74 Å². The highest BCUT2D eigenvalue weighted by atomic mass is 16.7. The fourth-order valence-electron chi connectivity index (χ4n) is 0.693. The molecule has 1 unspecified atom stereocenters. The second-order valence-electron chi connectivity index (χ2n) is 2.73. The van der Waals surface area contributed by atoms with E-state index in [-0.39, 0.29) is 11.6 Å². The van der Waals surface area contributed by atoms with E-state index in [1.165, 1.54) is 0 Å². The van der Waals surface area contributed by atoms with Crippen LogP contribution in [0.5, 0.6) is 0 Å². The van der Waals surface area contributed by atoms with E-state index in [0.717, 1.165) is 6.61 Å². The number of hydrogen-bond acceptors (Lipinski definition) is 4. The van der Waals surface area contributed by atoms with Gasteiger partial charge in [-0.15, -0.1) is 0 Å². The summed E-state index contributed by atoms with van der Waals surface area (Å²) in [5.41, 5.74) is -0.0752. The lowest BCUT2D eigenvalue weighted by Crippen LogP contribution is -2.13. The summed E-state index contributed by atoms with van der Waals surface area (Å²) < 4.78 is 5.04. The second-order valence-corrected chi connectivity index (χ2v) is 2.73. The van der Waals surface area contributed by atoms with Gasteiger partial charge in [-0.2, -0.15) is 5.90 Å². The van der Waals surface area contributed by atoms with Gasteiger partial charge in [-0.1, -0.05) is 0 Å². The Morgan fingerprint density at radius 1 is 1.90 bits per heavy atom. The summed E-state index contributed by atoms with van der Waals surface area (Å²) in [7, 11) is 0. The normalized spacial score (nSPS) is 29.8. The van der Waals surface area contributed by atoms with E-state index < -0.39 is 0 Å². The number of nitrogens with two attached hydrogens (primary N) is 1. The summed E-state index contributed by atoms with van der Waals surface area (Å²) in [5.74, 6) is 4.25. The van der Waals surface area contributed by atoms with E-state index in [9.17, 15) is 4.79 Å². The van der Waals surface area contributed by atoms with Crippen LogP contribution in [0.1, 0.15) is 19.8 Å². The smallest absolute Gasteiger partial charge is 0.324 e. The number of carbonyl (C=O) groups is 1. The minimum absolute atomic E-state index is 0.0752. The molecule has 1 rings (SSSR count). The Morgan fingerprint density at radius 2 is 2.50 bits per heavy atom. The van der Waals surface area contributed by atoms with Crippen molar-refractivity contribution in [2.75, 3.05) is 6.61 Å². The average Bonchev–Trinajstić information content (AvgIpc) is 2.64. The van der Waals surface area contributed by atoms with Crippen molar-refractivity contribution in [1.82, 2.24) is 0 Å². The zero-order chi connectivity index (χ0) is 7.61. The third-order valence-corrected chi connectivity index (χ3v) is 1.63. The van der Waals surface area contributed by atoms with Gasteiger partial charge in [0.25, 0.3) is 0 Å². The topological polar surface area (TPSA) is 64.8 Å². The van der Waals surface area contributed by atoms with Crippen LogP contribution in [-0.4, -0.2) is 18.2 Å². The van der Waals surface area contributed by atoms with Crippen LogP contribution >= 0.6 is 0 Å². The first-order valence-corrected chi connectivity index (χ1v) is 3.20. The van der Waals surface area contributed by atoms with Crippen LogP contribution in [0, 0.1) is 0 Å². The van der Waals surface area contributed by atoms with Crippen LogP contribution in [0.2, 0.25) is 0 Å². The molecule has 4 heteroatoms. The van der Waals surface area contributed by atoms with Crippen molar-refractivity contribution in [3.05, 3.63) is 0 Å². The van der Waals surface area contributed by atoms with Gasteiger partial charge in [0.1, 0.15) is 0 Å². The van der Waals surface area contributed by atoms with Gasteiger partial charge in [0.15, 0.2) is 0 Å². The Kier molecular flexibility index (Phi) is 1.92. The van der Waals surface area contributed by atoms with E-state index >= 15 is 0 Å². The summed E-state index contributed by atoms with van der Waals surface area (Å²) in [5, 5.41) is 0. The molecule has 0 aromatic heterocycles. The van der Waals surface area contributed by atoms with Gasteiger partial charge < -0.3 is 9.57 Å². The molecule has 0 amide bonds. The Bertz CT molecular complexity index is 142. The van der Waals surface area contributed by atoms with Gasteiger partial charge in [0.2, 0.25) is 0 Å². The molecule has 1 heterocycles. The molecule has 0 bridgehead atoms. The predicted molar refractivity (Wildman–Crippen MR) is 33.9 cm³/mol. The number of hydrogen-bond donors (Lipinski definition) is 1. The quantitative estimate of drug-likeness (QED) is 0.447. The average molecular weight is 145 g/mol. The summed E-state index contributed by atoms with van der Waals surface area (Å²) in [6, 6.07) is 0. The monoisotopic (exact) mass is 145 g/mol. The SMILES string of the molecule is CC1(CCC(=O)ON)CO1. The van der Waals surface area contributed by atoms with Crippen molar-refractivity contribution in [3.63, 3.8) is 0 Å². The van der Waals surface area contributed by atoms with Crippen LogP contribution < -0.4 is 5.90 Å². The summed E-state index contributed by atoms with van der Waals surface area (Å²) in [4.78, 5) is 14.5. The maximum Gasteiger partial charge on any atom is 0.324 e. The molecular weight excluding hydrogens is 134 g/mol. The number of rotatable bonds is 3. The molecule has 1 aliphatic heterocycles. The van der Waals surface area contributed by atoms with Crippen molar-refractivity contribution >= 4 is 5.97 Å². The first-order chi connectivity index (χ1) is 4.66. The minimum Gasteiger partial charge on any atom is -0.373 e. The predicted octanol–water partition coefficient (Wildman–Crippen LogP) is -0.0276. The minimum atomic E-state index is -0.378. The summed E-state index contributed by atoms with van der Waals surface area (Å²) in [6.07, 6.45) is 1.04. The number of epoxide rings is 1.